The molecule has 0 saturated heterocycles. The Kier molecular flexibility index (Phi) is 3.14. The van der Waals surface area contributed by atoms with Crippen molar-refractivity contribution in [1.82, 2.24) is 0 Å². The summed E-state index contributed by atoms with van der Waals surface area (Å²) in [5.41, 5.74) is 7.02. The SMILES string of the molecule is COCC1CC(N)c2cccc(Cl)c2O1. The van der Waals surface area contributed by atoms with Crippen LogP contribution in [-0.2, 0) is 4.74 Å². The van der Waals surface area contributed by atoms with E-state index in [1.165, 1.54) is 0 Å². The summed E-state index contributed by atoms with van der Waals surface area (Å²) in [6.45, 7) is 0.540. The molecule has 0 saturated carbocycles. The lowest BCUT2D eigenvalue weighted by atomic mass is 9.97. The molecule has 1 aliphatic rings. The van der Waals surface area contributed by atoms with Crippen LogP contribution in [0.2, 0.25) is 5.02 Å². The van der Waals surface area contributed by atoms with Crippen LogP contribution in [0.15, 0.2) is 18.2 Å². The van der Waals surface area contributed by atoms with E-state index in [4.69, 9.17) is 26.8 Å². The molecular weight excluding hydrogens is 214 g/mol. The molecule has 2 rings (SSSR count). The van der Waals surface area contributed by atoms with Crippen LogP contribution >= 0.6 is 11.6 Å². The summed E-state index contributed by atoms with van der Waals surface area (Å²) in [5.74, 6) is 0.708. The molecule has 0 aromatic heterocycles. The maximum Gasteiger partial charge on any atom is 0.143 e. The van der Waals surface area contributed by atoms with Crippen molar-refractivity contribution in [2.24, 2.45) is 5.73 Å². The first kappa shape index (κ1) is 10.7. The average molecular weight is 228 g/mol. The second kappa shape index (κ2) is 4.39. The van der Waals surface area contributed by atoms with Crippen LogP contribution in [0.3, 0.4) is 0 Å². The van der Waals surface area contributed by atoms with E-state index in [2.05, 4.69) is 0 Å². The van der Waals surface area contributed by atoms with Crippen molar-refractivity contribution in [1.29, 1.82) is 0 Å². The van der Waals surface area contributed by atoms with Crippen LogP contribution in [0.25, 0.3) is 0 Å². The first-order valence-electron chi connectivity index (χ1n) is 4.92. The van der Waals surface area contributed by atoms with Crippen LogP contribution in [0.4, 0.5) is 0 Å². The Bertz CT molecular complexity index is 356. The lowest BCUT2D eigenvalue weighted by Crippen LogP contribution is -2.32. The molecule has 1 aliphatic heterocycles. The molecule has 2 N–H and O–H groups in total. The molecule has 0 bridgehead atoms. The Morgan fingerprint density at radius 2 is 2.40 bits per heavy atom. The fraction of sp³-hybridized carbons (Fsp3) is 0.455. The number of rotatable bonds is 2. The van der Waals surface area contributed by atoms with Crippen LogP contribution in [-0.4, -0.2) is 19.8 Å². The third kappa shape index (κ3) is 2.09. The van der Waals surface area contributed by atoms with Crippen LogP contribution in [0, 0.1) is 0 Å². The monoisotopic (exact) mass is 227 g/mol. The van der Waals surface area contributed by atoms with Crippen molar-refractivity contribution in [2.45, 2.75) is 18.6 Å². The van der Waals surface area contributed by atoms with Gasteiger partial charge in [-0.3, -0.25) is 0 Å². The van der Waals surface area contributed by atoms with Crippen molar-refractivity contribution < 1.29 is 9.47 Å². The van der Waals surface area contributed by atoms with Crippen molar-refractivity contribution in [3.05, 3.63) is 28.8 Å². The van der Waals surface area contributed by atoms with Gasteiger partial charge in [0.15, 0.2) is 0 Å². The molecule has 0 spiro atoms. The largest absolute Gasteiger partial charge is 0.486 e. The highest BCUT2D eigenvalue weighted by atomic mass is 35.5. The molecule has 0 aliphatic carbocycles. The summed E-state index contributed by atoms with van der Waals surface area (Å²) in [5, 5.41) is 0.615. The van der Waals surface area contributed by atoms with Gasteiger partial charge in [-0.05, 0) is 6.07 Å². The minimum atomic E-state index is -0.0207. The molecule has 2 atom stereocenters. The standard InChI is InChI=1S/C11H14ClNO2/c1-14-6-7-5-10(13)8-3-2-4-9(12)11(8)15-7/h2-4,7,10H,5-6,13H2,1H3. The maximum atomic E-state index is 6.05. The molecule has 1 aromatic rings. The highest BCUT2D eigenvalue weighted by Crippen LogP contribution is 2.38. The third-order valence-corrected chi connectivity index (χ3v) is 2.85. The zero-order chi connectivity index (χ0) is 10.8. The quantitative estimate of drug-likeness (QED) is 0.842. The molecule has 0 amide bonds. The predicted molar refractivity (Wildman–Crippen MR) is 59.3 cm³/mol. The third-order valence-electron chi connectivity index (χ3n) is 2.55. The minimum absolute atomic E-state index is 0.00241. The second-order valence-corrected chi connectivity index (χ2v) is 4.10. The predicted octanol–water partition coefficient (Wildman–Crippen LogP) is 2.14. The van der Waals surface area contributed by atoms with Crippen LogP contribution in [0.5, 0.6) is 5.75 Å². The zero-order valence-corrected chi connectivity index (χ0v) is 9.33. The molecule has 15 heavy (non-hydrogen) atoms. The van der Waals surface area contributed by atoms with Crippen molar-refractivity contribution in [2.75, 3.05) is 13.7 Å². The smallest absolute Gasteiger partial charge is 0.143 e. The van der Waals surface area contributed by atoms with E-state index in [0.717, 1.165) is 12.0 Å². The summed E-state index contributed by atoms with van der Waals surface area (Å²) < 4.78 is 10.8. The highest BCUT2D eigenvalue weighted by molar-refractivity contribution is 6.32. The minimum Gasteiger partial charge on any atom is -0.486 e. The molecule has 1 aromatic carbocycles. The summed E-state index contributed by atoms with van der Waals surface area (Å²) in [7, 11) is 1.65. The van der Waals surface area contributed by atoms with E-state index in [9.17, 15) is 0 Å². The topological polar surface area (TPSA) is 44.5 Å². The fourth-order valence-corrected chi connectivity index (χ4v) is 2.08. The van der Waals surface area contributed by atoms with Crippen molar-refractivity contribution in [3.8, 4) is 5.75 Å². The molecule has 0 fully saturated rings. The normalized spacial score (nSPS) is 24.5. The van der Waals surface area contributed by atoms with Gasteiger partial charge in [0, 0.05) is 25.1 Å². The molecular formula is C11H14ClNO2. The van der Waals surface area contributed by atoms with Gasteiger partial charge < -0.3 is 15.2 Å². The molecule has 0 radical (unpaired) electrons. The Labute approximate surface area is 94.1 Å². The number of ether oxygens (including phenoxy) is 2. The van der Waals surface area contributed by atoms with Gasteiger partial charge in [0.25, 0.3) is 0 Å². The summed E-state index contributed by atoms with van der Waals surface area (Å²) >= 11 is 6.05. The molecule has 1 heterocycles. The number of fused-ring (bicyclic) bond motifs is 1. The number of para-hydroxylation sites is 1. The summed E-state index contributed by atoms with van der Waals surface area (Å²) in [4.78, 5) is 0. The number of methoxy groups -OCH3 is 1. The number of benzene rings is 1. The lowest BCUT2D eigenvalue weighted by Gasteiger charge is -2.30. The van der Waals surface area contributed by atoms with E-state index in [1.807, 2.05) is 18.2 Å². The Morgan fingerprint density at radius 3 is 3.13 bits per heavy atom. The number of halogens is 1. The van der Waals surface area contributed by atoms with Gasteiger partial charge in [0.2, 0.25) is 0 Å². The first-order chi connectivity index (χ1) is 7.22. The highest BCUT2D eigenvalue weighted by Gasteiger charge is 2.27. The van der Waals surface area contributed by atoms with E-state index in [0.29, 0.717) is 17.4 Å². The fourth-order valence-electron chi connectivity index (χ4n) is 1.85. The first-order valence-corrected chi connectivity index (χ1v) is 5.29. The molecule has 4 heteroatoms. The maximum absolute atomic E-state index is 6.05. The van der Waals surface area contributed by atoms with Gasteiger partial charge in [0.05, 0.1) is 11.6 Å². The van der Waals surface area contributed by atoms with E-state index in [-0.39, 0.29) is 12.1 Å². The second-order valence-electron chi connectivity index (χ2n) is 3.70. The van der Waals surface area contributed by atoms with E-state index >= 15 is 0 Å². The van der Waals surface area contributed by atoms with Gasteiger partial charge in [-0.25, -0.2) is 0 Å². The molecule has 82 valence electrons. The lowest BCUT2D eigenvalue weighted by molar-refractivity contribution is 0.0610. The Morgan fingerprint density at radius 1 is 1.60 bits per heavy atom. The Balaban J connectivity index is 2.29. The zero-order valence-electron chi connectivity index (χ0n) is 8.57. The van der Waals surface area contributed by atoms with Crippen LogP contribution < -0.4 is 10.5 Å². The summed E-state index contributed by atoms with van der Waals surface area (Å²) in [6, 6.07) is 5.63. The van der Waals surface area contributed by atoms with Crippen molar-refractivity contribution in [3.63, 3.8) is 0 Å². The van der Waals surface area contributed by atoms with Gasteiger partial charge in [-0.1, -0.05) is 23.7 Å². The van der Waals surface area contributed by atoms with E-state index in [1.54, 1.807) is 7.11 Å². The van der Waals surface area contributed by atoms with Gasteiger partial charge in [-0.2, -0.15) is 0 Å². The number of hydrogen-bond donors (Lipinski definition) is 1. The Hall–Kier alpha value is -0.770. The summed E-state index contributed by atoms with van der Waals surface area (Å²) in [6.07, 6.45) is 0.763. The number of nitrogens with two attached hydrogens (primary N) is 1. The van der Waals surface area contributed by atoms with Crippen molar-refractivity contribution >= 4 is 11.6 Å². The van der Waals surface area contributed by atoms with Gasteiger partial charge >= 0.3 is 0 Å². The van der Waals surface area contributed by atoms with Crippen LogP contribution in [0.1, 0.15) is 18.0 Å². The molecule has 2 unspecified atom stereocenters. The average Bonchev–Trinajstić information content (AvgIpc) is 2.20. The number of hydrogen-bond acceptors (Lipinski definition) is 3. The van der Waals surface area contributed by atoms with Gasteiger partial charge in [-0.15, -0.1) is 0 Å². The van der Waals surface area contributed by atoms with E-state index < -0.39 is 0 Å². The molecule has 3 nitrogen and oxygen atoms in total. The van der Waals surface area contributed by atoms with Gasteiger partial charge in [0.1, 0.15) is 11.9 Å².